The number of halogens is 2. The lowest BCUT2D eigenvalue weighted by molar-refractivity contribution is 0.0933. The van der Waals surface area contributed by atoms with Gasteiger partial charge in [0.05, 0.1) is 22.4 Å². The molecule has 1 aliphatic rings. The van der Waals surface area contributed by atoms with Crippen LogP contribution in [0.4, 0.5) is 0 Å². The van der Waals surface area contributed by atoms with Crippen LogP contribution in [-0.4, -0.2) is 15.7 Å². The Morgan fingerprint density at radius 1 is 0.944 bits per heavy atom. The maximum absolute atomic E-state index is 13.6. The van der Waals surface area contributed by atoms with Crippen LogP contribution in [0, 0.1) is 0 Å². The van der Waals surface area contributed by atoms with Gasteiger partial charge in [0, 0.05) is 10.6 Å². The number of amides is 1. The summed E-state index contributed by atoms with van der Waals surface area (Å²) in [5, 5.41) is 9.31. The molecule has 36 heavy (non-hydrogen) atoms. The molecule has 3 aromatic carbocycles. The number of nitrogens with one attached hydrogen (secondary N) is 1. The van der Waals surface area contributed by atoms with Crippen molar-refractivity contribution in [2.24, 2.45) is 0 Å². The lowest BCUT2D eigenvalue weighted by atomic mass is 10.0. The van der Waals surface area contributed by atoms with Crippen molar-refractivity contribution in [3.05, 3.63) is 117 Å². The summed E-state index contributed by atoms with van der Waals surface area (Å²) < 4.78 is 1.85. The van der Waals surface area contributed by atoms with E-state index >= 15 is 0 Å². The number of hydrogen-bond acceptors (Lipinski definition) is 2. The predicted octanol–water partition coefficient (Wildman–Crippen LogP) is 7.94. The molecule has 1 N–H and O–H groups in total. The molecule has 0 bridgehead atoms. The summed E-state index contributed by atoms with van der Waals surface area (Å²) in [6.45, 7) is 1.99. The molecule has 182 valence electrons. The van der Waals surface area contributed by atoms with Crippen LogP contribution in [0.1, 0.15) is 65.1 Å². The number of rotatable bonds is 5. The zero-order valence-electron chi connectivity index (χ0n) is 20.0. The fourth-order valence-electron chi connectivity index (χ4n) is 4.72. The monoisotopic (exact) mass is 515 g/mol. The molecule has 1 aliphatic carbocycles. The van der Waals surface area contributed by atoms with Gasteiger partial charge in [-0.3, -0.25) is 4.79 Å². The quantitative estimate of drug-likeness (QED) is 0.274. The van der Waals surface area contributed by atoms with E-state index in [1.165, 1.54) is 0 Å². The van der Waals surface area contributed by atoms with Crippen LogP contribution in [0.5, 0.6) is 0 Å². The summed E-state index contributed by atoms with van der Waals surface area (Å²) in [7, 11) is 0. The summed E-state index contributed by atoms with van der Waals surface area (Å²) in [4.78, 5) is 13.6. The summed E-state index contributed by atoms with van der Waals surface area (Å²) in [5.41, 5.74) is 6.36. The first-order chi connectivity index (χ1) is 17.5. The normalized spacial score (nSPS) is 15.2. The van der Waals surface area contributed by atoms with Gasteiger partial charge >= 0.3 is 0 Å². The molecule has 6 heteroatoms. The van der Waals surface area contributed by atoms with E-state index in [1.807, 2.05) is 90.5 Å². The van der Waals surface area contributed by atoms with E-state index < -0.39 is 0 Å². The number of aromatic nitrogens is 2. The first kappa shape index (κ1) is 24.4. The largest absolute Gasteiger partial charge is 0.344 e. The highest BCUT2D eigenvalue weighted by Gasteiger charge is 2.28. The highest BCUT2D eigenvalue weighted by molar-refractivity contribution is 6.32. The Balaban J connectivity index is 1.63. The van der Waals surface area contributed by atoms with E-state index in [0.717, 1.165) is 59.3 Å². The molecule has 0 saturated carbocycles. The van der Waals surface area contributed by atoms with Gasteiger partial charge in [-0.2, -0.15) is 5.10 Å². The second-order valence-electron chi connectivity index (χ2n) is 9.07. The van der Waals surface area contributed by atoms with Crippen molar-refractivity contribution in [3.8, 4) is 5.69 Å². The molecule has 0 aliphatic heterocycles. The molecule has 0 spiro atoms. The van der Waals surface area contributed by atoms with Crippen LogP contribution < -0.4 is 5.32 Å². The molecule has 0 unspecified atom stereocenters. The summed E-state index contributed by atoms with van der Waals surface area (Å²) in [5.74, 6) is -0.179. The number of nitrogens with zero attached hydrogens (tertiary/aromatic N) is 2. The van der Waals surface area contributed by atoms with Crippen LogP contribution >= 0.6 is 23.2 Å². The molecule has 4 nitrogen and oxygen atoms in total. The van der Waals surface area contributed by atoms with Crippen molar-refractivity contribution in [3.63, 3.8) is 0 Å². The van der Waals surface area contributed by atoms with Crippen LogP contribution in [0.25, 0.3) is 17.3 Å². The molecule has 1 atom stereocenters. The van der Waals surface area contributed by atoms with Gasteiger partial charge in [-0.1, -0.05) is 77.8 Å². The Hall–Kier alpha value is -3.34. The Kier molecular flexibility index (Phi) is 7.26. The van der Waals surface area contributed by atoms with Gasteiger partial charge in [-0.05, 0) is 79.6 Å². The number of para-hydroxylation sites is 1. The van der Waals surface area contributed by atoms with Crippen LogP contribution in [0.15, 0.2) is 78.9 Å². The highest BCUT2D eigenvalue weighted by Crippen LogP contribution is 2.36. The second kappa shape index (κ2) is 10.7. The average molecular weight is 516 g/mol. The molecule has 4 aromatic rings. The van der Waals surface area contributed by atoms with E-state index in [0.29, 0.717) is 15.7 Å². The minimum atomic E-state index is -0.179. The number of fused-ring (bicyclic) bond motifs is 1. The maximum atomic E-state index is 13.6. The van der Waals surface area contributed by atoms with Crippen molar-refractivity contribution < 1.29 is 4.79 Å². The van der Waals surface area contributed by atoms with Gasteiger partial charge < -0.3 is 5.32 Å². The van der Waals surface area contributed by atoms with E-state index in [9.17, 15) is 4.79 Å². The fourth-order valence-corrected chi connectivity index (χ4v) is 5.07. The molecule has 0 fully saturated rings. The minimum absolute atomic E-state index is 0.144. The molecule has 5 rings (SSSR count). The molecule has 1 amide bonds. The van der Waals surface area contributed by atoms with Crippen molar-refractivity contribution in [2.75, 3.05) is 0 Å². The lowest BCUT2D eigenvalue weighted by Crippen LogP contribution is -2.28. The zero-order chi connectivity index (χ0) is 25.1. The van der Waals surface area contributed by atoms with Gasteiger partial charge in [0.1, 0.15) is 0 Å². The predicted molar refractivity (Wildman–Crippen MR) is 148 cm³/mol. The molecule has 0 saturated heterocycles. The fraction of sp³-hybridized carbons (Fsp3) is 0.200. The number of allylic oxidation sites excluding steroid dienone is 1. The van der Waals surface area contributed by atoms with E-state index in [1.54, 1.807) is 0 Å². The topological polar surface area (TPSA) is 46.9 Å². The van der Waals surface area contributed by atoms with Crippen molar-refractivity contribution >= 4 is 40.8 Å². The van der Waals surface area contributed by atoms with Crippen molar-refractivity contribution in [1.29, 1.82) is 0 Å². The smallest absolute Gasteiger partial charge is 0.272 e. The Labute approximate surface area is 221 Å². The van der Waals surface area contributed by atoms with Crippen LogP contribution in [0.3, 0.4) is 0 Å². The molecule has 1 heterocycles. The lowest BCUT2D eigenvalue weighted by Gasteiger charge is -2.14. The number of hydrogen-bond donors (Lipinski definition) is 1. The van der Waals surface area contributed by atoms with E-state index in [4.69, 9.17) is 28.3 Å². The molecule has 0 radical (unpaired) electrons. The number of carbonyl (C=O) groups excluding carboxylic acids is 1. The van der Waals surface area contributed by atoms with Gasteiger partial charge in [0.2, 0.25) is 0 Å². The Morgan fingerprint density at radius 2 is 1.64 bits per heavy atom. The van der Waals surface area contributed by atoms with E-state index in [-0.39, 0.29) is 11.9 Å². The Morgan fingerprint density at radius 3 is 2.39 bits per heavy atom. The third kappa shape index (κ3) is 5.11. The summed E-state index contributed by atoms with van der Waals surface area (Å²) in [6.07, 6.45) is 5.84. The molecule has 1 aromatic heterocycles. The maximum Gasteiger partial charge on any atom is 0.272 e. The number of benzene rings is 3. The summed E-state index contributed by atoms with van der Waals surface area (Å²) >= 11 is 12.7. The third-order valence-corrected chi connectivity index (χ3v) is 7.14. The van der Waals surface area contributed by atoms with Crippen molar-refractivity contribution in [2.45, 2.75) is 38.6 Å². The summed E-state index contributed by atoms with van der Waals surface area (Å²) in [6, 6.07) is 25.2. The van der Waals surface area contributed by atoms with Crippen LogP contribution in [0.2, 0.25) is 10.0 Å². The SMILES string of the molecule is C[C@H](NC(=O)c1nn(-c2ccccc2Cl)c2c1CCCC/C2=C\c1ccc(Cl)cc1)c1ccccc1. The van der Waals surface area contributed by atoms with E-state index in [2.05, 4.69) is 11.4 Å². The van der Waals surface area contributed by atoms with Crippen molar-refractivity contribution in [1.82, 2.24) is 15.1 Å². The number of carbonyl (C=O) groups is 1. The zero-order valence-corrected chi connectivity index (χ0v) is 21.6. The average Bonchev–Trinajstić information content (AvgIpc) is 3.15. The first-order valence-corrected chi connectivity index (χ1v) is 13.0. The Bertz CT molecular complexity index is 1410. The third-order valence-electron chi connectivity index (χ3n) is 6.56. The van der Waals surface area contributed by atoms with Gasteiger partial charge in [-0.25, -0.2) is 4.68 Å². The molecular formula is C30H27Cl2N3O. The van der Waals surface area contributed by atoms with Crippen LogP contribution in [-0.2, 0) is 6.42 Å². The van der Waals surface area contributed by atoms with Gasteiger partial charge in [-0.15, -0.1) is 0 Å². The first-order valence-electron chi connectivity index (χ1n) is 12.2. The second-order valence-corrected chi connectivity index (χ2v) is 9.92. The highest BCUT2D eigenvalue weighted by atomic mass is 35.5. The standard InChI is InChI=1S/C30H27Cl2N3O/c1-20(22-9-3-2-4-10-22)33-30(36)28-25-12-6-5-11-23(19-21-15-17-24(31)18-16-21)29(25)35(34-28)27-14-8-7-13-26(27)32/h2-4,7-10,13-20H,5-6,11-12H2,1H3,(H,33,36)/b23-19+/t20-/m0/s1. The molecular weight excluding hydrogens is 489 g/mol. The van der Waals surface area contributed by atoms with Gasteiger partial charge in [0.15, 0.2) is 5.69 Å². The minimum Gasteiger partial charge on any atom is -0.344 e. The van der Waals surface area contributed by atoms with Gasteiger partial charge in [0.25, 0.3) is 5.91 Å².